The predicted molar refractivity (Wildman–Crippen MR) is 65.9 cm³/mol. The van der Waals surface area contributed by atoms with Crippen LogP contribution in [-0.4, -0.2) is 32.0 Å². The second-order valence-corrected chi connectivity index (χ2v) is 3.87. The molecule has 0 N–H and O–H groups in total. The Balaban J connectivity index is 2.85. The van der Waals surface area contributed by atoms with Crippen molar-refractivity contribution in [2.75, 3.05) is 20.8 Å². The zero-order valence-electron chi connectivity index (χ0n) is 10.9. The molecule has 0 radical (unpaired) electrons. The molecule has 0 spiro atoms. The summed E-state index contributed by atoms with van der Waals surface area (Å²) < 4.78 is 15.5. The van der Waals surface area contributed by atoms with Crippen molar-refractivity contribution >= 4 is 5.69 Å². The van der Waals surface area contributed by atoms with Gasteiger partial charge in [-0.05, 0) is 25.5 Å². The molecule has 0 aromatic heterocycles. The van der Waals surface area contributed by atoms with Gasteiger partial charge < -0.3 is 14.2 Å². The highest BCUT2D eigenvalue weighted by Gasteiger charge is 2.15. The van der Waals surface area contributed by atoms with Crippen LogP contribution >= 0.6 is 0 Å². The average Bonchev–Trinajstić information content (AvgIpc) is 2.33. The van der Waals surface area contributed by atoms with E-state index in [9.17, 15) is 10.1 Å². The lowest BCUT2D eigenvalue weighted by Crippen LogP contribution is -2.22. The highest BCUT2D eigenvalue weighted by Crippen LogP contribution is 2.27. The first-order chi connectivity index (χ1) is 8.49. The molecule has 0 aliphatic carbocycles. The van der Waals surface area contributed by atoms with Gasteiger partial charge in [-0.3, -0.25) is 10.1 Å². The summed E-state index contributed by atoms with van der Waals surface area (Å²) in [5, 5.41) is 10.8. The van der Waals surface area contributed by atoms with E-state index in [0.717, 1.165) is 0 Å². The molecule has 18 heavy (non-hydrogen) atoms. The SMILES string of the molecule is COC(COc1cc(C)c([N+](=O)[O-])cc1C)OC. The molecule has 0 unspecified atom stereocenters. The largest absolute Gasteiger partial charge is 0.488 e. The lowest BCUT2D eigenvalue weighted by molar-refractivity contribution is -0.385. The highest BCUT2D eigenvalue weighted by atomic mass is 16.7. The van der Waals surface area contributed by atoms with Gasteiger partial charge >= 0.3 is 0 Å². The molecule has 1 rings (SSSR count). The number of rotatable bonds is 6. The second kappa shape index (κ2) is 6.32. The van der Waals surface area contributed by atoms with Crippen molar-refractivity contribution in [1.82, 2.24) is 0 Å². The summed E-state index contributed by atoms with van der Waals surface area (Å²) in [5.41, 5.74) is 1.36. The van der Waals surface area contributed by atoms with Gasteiger partial charge in [-0.25, -0.2) is 0 Å². The summed E-state index contributed by atoms with van der Waals surface area (Å²) in [7, 11) is 3.04. The van der Waals surface area contributed by atoms with Gasteiger partial charge in [0.15, 0.2) is 6.29 Å². The minimum absolute atomic E-state index is 0.0925. The van der Waals surface area contributed by atoms with Gasteiger partial charge in [0.25, 0.3) is 5.69 Å². The normalized spacial score (nSPS) is 10.7. The summed E-state index contributed by atoms with van der Waals surface area (Å²) in [6.07, 6.45) is -0.458. The zero-order chi connectivity index (χ0) is 13.7. The first kappa shape index (κ1) is 14.4. The zero-order valence-corrected chi connectivity index (χ0v) is 10.9. The maximum Gasteiger partial charge on any atom is 0.272 e. The van der Waals surface area contributed by atoms with Gasteiger partial charge in [-0.15, -0.1) is 0 Å². The molecular weight excluding hydrogens is 238 g/mol. The fourth-order valence-corrected chi connectivity index (χ4v) is 1.52. The number of hydrogen-bond acceptors (Lipinski definition) is 5. The molecule has 0 bridgehead atoms. The van der Waals surface area contributed by atoms with Gasteiger partial charge in [-0.1, -0.05) is 0 Å². The van der Waals surface area contributed by atoms with Gasteiger partial charge in [0.1, 0.15) is 12.4 Å². The van der Waals surface area contributed by atoms with Crippen LogP contribution in [-0.2, 0) is 9.47 Å². The highest BCUT2D eigenvalue weighted by molar-refractivity contribution is 5.49. The molecule has 0 aliphatic rings. The second-order valence-electron chi connectivity index (χ2n) is 3.87. The Kier molecular flexibility index (Phi) is 5.06. The van der Waals surface area contributed by atoms with Crippen molar-refractivity contribution in [3.8, 4) is 5.75 Å². The number of methoxy groups -OCH3 is 2. The van der Waals surface area contributed by atoms with Crippen molar-refractivity contribution in [1.29, 1.82) is 0 Å². The summed E-state index contributed by atoms with van der Waals surface area (Å²) in [6.45, 7) is 3.66. The smallest absolute Gasteiger partial charge is 0.272 e. The van der Waals surface area contributed by atoms with E-state index in [2.05, 4.69) is 0 Å². The molecule has 0 fully saturated rings. The molecule has 0 heterocycles. The van der Waals surface area contributed by atoms with Gasteiger partial charge in [0, 0.05) is 25.8 Å². The molecule has 0 atom stereocenters. The van der Waals surface area contributed by atoms with Crippen LogP contribution in [0.15, 0.2) is 12.1 Å². The number of nitro groups is 1. The number of nitrogens with zero attached hydrogens (tertiary/aromatic N) is 1. The lowest BCUT2D eigenvalue weighted by Gasteiger charge is -2.16. The van der Waals surface area contributed by atoms with Crippen LogP contribution in [0, 0.1) is 24.0 Å². The van der Waals surface area contributed by atoms with Gasteiger partial charge in [0.2, 0.25) is 0 Å². The molecule has 1 aromatic carbocycles. The molecule has 100 valence electrons. The summed E-state index contributed by atoms with van der Waals surface area (Å²) in [6, 6.07) is 3.15. The van der Waals surface area contributed by atoms with Crippen molar-refractivity contribution < 1.29 is 19.1 Å². The minimum Gasteiger partial charge on any atom is -0.488 e. The third kappa shape index (κ3) is 3.41. The molecule has 0 aliphatic heterocycles. The van der Waals surface area contributed by atoms with Crippen molar-refractivity contribution in [2.24, 2.45) is 0 Å². The van der Waals surface area contributed by atoms with Gasteiger partial charge in [0.05, 0.1) is 4.92 Å². The van der Waals surface area contributed by atoms with E-state index in [-0.39, 0.29) is 12.3 Å². The number of nitro benzene ring substituents is 1. The fourth-order valence-electron chi connectivity index (χ4n) is 1.52. The van der Waals surface area contributed by atoms with Crippen LogP contribution in [0.2, 0.25) is 0 Å². The van der Waals surface area contributed by atoms with Crippen molar-refractivity contribution in [3.05, 3.63) is 33.4 Å². The van der Waals surface area contributed by atoms with Crippen LogP contribution < -0.4 is 4.74 Å². The Morgan fingerprint density at radius 2 is 1.83 bits per heavy atom. The van der Waals surface area contributed by atoms with Crippen LogP contribution in [0.3, 0.4) is 0 Å². The van der Waals surface area contributed by atoms with E-state index < -0.39 is 11.2 Å². The first-order valence-electron chi connectivity index (χ1n) is 5.43. The van der Waals surface area contributed by atoms with Gasteiger partial charge in [-0.2, -0.15) is 0 Å². The number of aryl methyl sites for hydroxylation is 2. The third-order valence-corrected chi connectivity index (χ3v) is 2.59. The monoisotopic (exact) mass is 255 g/mol. The predicted octanol–water partition coefficient (Wildman–Crippen LogP) is 2.21. The van der Waals surface area contributed by atoms with Crippen LogP contribution in [0.4, 0.5) is 5.69 Å². The molecule has 6 nitrogen and oxygen atoms in total. The van der Waals surface area contributed by atoms with E-state index in [1.165, 1.54) is 20.3 Å². The quantitative estimate of drug-likeness (QED) is 0.442. The molecule has 1 aromatic rings. The lowest BCUT2D eigenvalue weighted by atomic mass is 10.1. The maximum atomic E-state index is 10.8. The Morgan fingerprint density at radius 1 is 1.22 bits per heavy atom. The first-order valence-corrected chi connectivity index (χ1v) is 5.43. The standard InChI is InChI=1S/C12H17NO5/c1-8-6-11(18-7-12(16-3)17-4)9(2)5-10(8)13(14)15/h5-6,12H,7H2,1-4H3. The summed E-state index contributed by atoms with van der Waals surface area (Å²) in [5.74, 6) is 0.595. The average molecular weight is 255 g/mol. The number of ether oxygens (including phenoxy) is 3. The fraction of sp³-hybridized carbons (Fsp3) is 0.500. The van der Waals surface area contributed by atoms with E-state index in [1.54, 1.807) is 19.9 Å². The number of benzene rings is 1. The van der Waals surface area contributed by atoms with Crippen LogP contribution in [0.25, 0.3) is 0 Å². The van der Waals surface area contributed by atoms with Crippen LogP contribution in [0.5, 0.6) is 5.75 Å². The molecule has 0 saturated carbocycles. The van der Waals surface area contributed by atoms with Crippen LogP contribution in [0.1, 0.15) is 11.1 Å². The molecular formula is C12H17NO5. The maximum absolute atomic E-state index is 10.8. The number of hydrogen-bond donors (Lipinski definition) is 0. The summed E-state index contributed by atoms with van der Waals surface area (Å²) in [4.78, 5) is 10.4. The topological polar surface area (TPSA) is 70.8 Å². The van der Waals surface area contributed by atoms with Crippen molar-refractivity contribution in [3.63, 3.8) is 0 Å². The Bertz CT molecular complexity index is 429. The Hall–Kier alpha value is -1.66. The van der Waals surface area contributed by atoms with E-state index in [4.69, 9.17) is 14.2 Å². The van der Waals surface area contributed by atoms with E-state index >= 15 is 0 Å². The summed E-state index contributed by atoms with van der Waals surface area (Å²) >= 11 is 0. The molecule has 0 amide bonds. The Labute approximate surface area is 106 Å². The Morgan fingerprint density at radius 3 is 2.33 bits per heavy atom. The molecule has 6 heteroatoms. The molecule has 0 saturated heterocycles. The van der Waals surface area contributed by atoms with E-state index in [0.29, 0.717) is 16.9 Å². The third-order valence-electron chi connectivity index (χ3n) is 2.59. The minimum atomic E-state index is -0.458. The van der Waals surface area contributed by atoms with E-state index in [1.807, 2.05) is 0 Å². The van der Waals surface area contributed by atoms with Crippen molar-refractivity contribution in [2.45, 2.75) is 20.1 Å².